The first-order valence-corrected chi connectivity index (χ1v) is 15.5. The Morgan fingerprint density at radius 3 is 2.14 bits per heavy atom. The number of sulfonamides is 2. The maximum atomic E-state index is 13.3. The Labute approximate surface area is 227 Å². The average molecular weight is 597 g/mol. The number of ether oxygens (including phenoxy) is 1. The number of benzene rings is 2. The van der Waals surface area contributed by atoms with Crippen molar-refractivity contribution < 1.29 is 21.6 Å². The van der Waals surface area contributed by atoms with E-state index in [0.717, 1.165) is 12.8 Å². The van der Waals surface area contributed by atoms with Gasteiger partial charge in [-0.15, -0.1) is 0 Å². The van der Waals surface area contributed by atoms with Crippen LogP contribution < -0.4 is 9.64 Å². The van der Waals surface area contributed by atoms with Crippen molar-refractivity contribution in [3.8, 4) is 5.75 Å². The van der Waals surface area contributed by atoms with Gasteiger partial charge in [-0.05, 0) is 49.1 Å². The summed E-state index contributed by atoms with van der Waals surface area (Å²) in [7, 11) is -6.04. The zero-order valence-corrected chi connectivity index (χ0v) is 23.9. The number of piperidine rings is 1. The number of halogens is 3. The minimum atomic E-state index is -3.91. The Bertz CT molecular complexity index is 1350. The number of piperazine rings is 1. The van der Waals surface area contributed by atoms with Crippen LogP contribution in [0.1, 0.15) is 19.8 Å². The molecule has 198 valence electrons. The van der Waals surface area contributed by atoms with E-state index in [-0.39, 0.29) is 37.9 Å². The van der Waals surface area contributed by atoms with E-state index in [0.29, 0.717) is 43.5 Å². The summed E-state index contributed by atoms with van der Waals surface area (Å²) < 4.78 is 61.5. The molecule has 36 heavy (non-hydrogen) atoms. The van der Waals surface area contributed by atoms with Crippen molar-refractivity contribution >= 4 is 60.5 Å². The van der Waals surface area contributed by atoms with Crippen molar-refractivity contribution in [1.82, 2.24) is 8.61 Å². The number of rotatable bonds is 6. The summed E-state index contributed by atoms with van der Waals surface area (Å²) >= 11 is 18.2. The first kappa shape index (κ1) is 27.8. The van der Waals surface area contributed by atoms with Gasteiger partial charge < -0.3 is 9.64 Å². The summed E-state index contributed by atoms with van der Waals surface area (Å²) in [4.78, 5) is 2.03. The first-order valence-electron chi connectivity index (χ1n) is 11.5. The fourth-order valence-corrected chi connectivity index (χ4v) is 8.62. The van der Waals surface area contributed by atoms with E-state index >= 15 is 0 Å². The highest BCUT2D eigenvalue weighted by Gasteiger charge is 2.33. The van der Waals surface area contributed by atoms with Crippen LogP contribution in [0.15, 0.2) is 40.1 Å². The van der Waals surface area contributed by atoms with Gasteiger partial charge in [0.2, 0.25) is 20.0 Å². The lowest BCUT2D eigenvalue weighted by Gasteiger charge is -2.36. The van der Waals surface area contributed by atoms with E-state index in [2.05, 4.69) is 6.92 Å². The normalized spacial score (nSPS) is 20.5. The predicted molar refractivity (Wildman–Crippen MR) is 143 cm³/mol. The second-order valence-corrected chi connectivity index (χ2v) is 14.1. The van der Waals surface area contributed by atoms with Crippen LogP contribution in [0.2, 0.25) is 15.1 Å². The summed E-state index contributed by atoms with van der Waals surface area (Å²) in [5, 5.41) is 0.272. The van der Waals surface area contributed by atoms with Gasteiger partial charge in [0.25, 0.3) is 0 Å². The number of hydrogen-bond donors (Lipinski definition) is 0. The van der Waals surface area contributed by atoms with E-state index in [1.165, 1.54) is 27.9 Å². The molecule has 0 aromatic heterocycles. The smallest absolute Gasteiger partial charge is 0.244 e. The number of nitrogens with zero attached hydrogens (tertiary/aromatic N) is 3. The molecule has 0 saturated carbocycles. The molecule has 2 aliphatic heterocycles. The molecule has 0 amide bonds. The van der Waals surface area contributed by atoms with Gasteiger partial charge in [-0.1, -0.05) is 41.7 Å². The molecule has 4 rings (SSSR count). The average Bonchev–Trinajstić information content (AvgIpc) is 2.85. The first-order chi connectivity index (χ1) is 16.9. The predicted octanol–water partition coefficient (Wildman–Crippen LogP) is 4.59. The highest BCUT2D eigenvalue weighted by Crippen LogP contribution is 2.36. The molecule has 13 heteroatoms. The van der Waals surface area contributed by atoms with Gasteiger partial charge >= 0.3 is 0 Å². The molecule has 8 nitrogen and oxygen atoms in total. The molecule has 0 radical (unpaired) electrons. The third kappa shape index (κ3) is 5.45. The maximum absolute atomic E-state index is 13.3. The summed E-state index contributed by atoms with van der Waals surface area (Å²) in [6.07, 6.45) is 1.85. The highest BCUT2D eigenvalue weighted by molar-refractivity contribution is 7.89. The maximum Gasteiger partial charge on any atom is 0.244 e. The van der Waals surface area contributed by atoms with Crippen LogP contribution in [0, 0.1) is 5.92 Å². The highest BCUT2D eigenvalue weighted by atomic mass is 35.5. The topological polar surface area (TPSA) is 87.2 Å². The summed E-state index contributed by atoms with van der Waals surface area (Å²) in [6, 6.07) is 7.40. The number of methoxy groups -OCH3 is 1. The van der Waals surface area contributed by atoms with Crippen LogP contribution in [0.5, 0.6) is 5.75 Å². The number of hydrogen-bond acceptors (Lipinski definition) is 6. The van der Waals surface area contributed by atoms with Crippen molar-refractivity contribution in [2.45, 2.75) is 29.6 Å². The van der Waals surface area contributed by atoms with Crippen LogP contribution >= 0.6 is 34.8 Å². The van der Waals surface area contributed by atoms with Crippen molar-refractivity contribution in [3.05, 3.63) is 45.4 Å². The Morgan fingerprint density at radius 1 is 0.833 bits per heavy atom. The van der Waals surface area contributed by atoms with Crippen LogP contribution in [-0.4, -0.2) is 71.8 Å². The van der Waals surface area contributed by atoms with Gasteiger partial charge in [-0.25, -0.2) is 16.8 Å². The molecule has 0 N–H and O–H groups in total. The van der Waals surface area contributed by atoms with Gasteiger partial charge in [0, 0.05) is 39.3 Å². The molecule has 2 aliphatic rings. The van der Waals surface area contributed by atoms with Crippen LogP contribution in [0.4, 0.5) is 5.69 Å². The Balaban J connectivity index is 1.56. The lowest BCUT2D eigenvalue weighted by atomic mass is 10.0. The van der Waals surface area contributed by atoms with E-state index in [1.807, 2.05) is 4.90 Å². The van der Waals surface area contributed by atoms with Crippen molar-refractivity contribution in [1.29, 1.82) is 0 Å². The summed E-state index contributed by atoms with van der Waals surface area (Å²) in [5.41, 5.74) is 0.605. The largest absolute Gasteiger partial charge is 0.495 e. The lowest BCUT2D eigenvalue weighted by molar-refractivity contribution is 0.281. The summed E-state index contributed by atoms with van der Waals surface area (Å²) in [6.45, 7) is 4.06. The van der Waals surface area contributed by atoms with Crippen LogP contribution in [0.25, 0.3) is 0 Å². The van der Waals surface area contributed by atoms with Crippen LogP contribution in [0.3, 0.4) is 0 Å². The molecule has 2 aromatic carbocycles. The second-order valence-electron chi connectivity index (χ2n) is 9.03. The Hall–Kier alpha value is -1.27. The second kappa shape index (κ2) is 10.8. The minimum Gasteiger partial charge on any atom is -0.495 e. The fourth-order valence-electron chi connectivity index (χ4n) is 4.60. The minimum absolute atomic E-state index is 0.00145. The molecule has 2 aromatic rings. The van der Waals surface area contributed by atoms with Gasteiger partial charge in [0.15, 0.2) is 0 Å². The van der Waals surface area contributed by atoms with E-state index in [9.17, 15) is 16.8 Å². The molecule has 0 bridgehead atoms. The zero-order chi connectivity index (χ0) is 26.3. The van der Waals surface area contributed by atoms with Gasteiger partial charge in [-0.2, -0.15) is 8.61 Å². The Kier molecular flexibility index (Phi) is 8.36. The molecule has 2 heterocycles. The van der Waals surface area contributed by atoms with Gasteiger partial charge in [-0.3, -0.25) is 0 Å². The van der Waals surface area contributed by atoms with Gasteiger partial charge in [0.1, 0.15) is 10.6 Å². The third-order valence-corrected chi connectivity index (χ3v) is 11.5. The van der Waals surface area contributed by atoms with E-state index < -0.39 is 20.0 Å². The molecule has 1 atom stereocenters. The van der Waals surface area contributed by atoms with Crippen molar-refractivity contribution in [3.63, 3.8) is 0 Å². The third-order valence-electron chi connectivity index (χ3n) is 6.58. The molecule has 0 aliphatic carbocycles. The van der Waals surface area contributed by atoms with Gasteiger partial charge in [0.05, 0.1) is 32.8 Å². The molecular weight excluding hydrogens is 569 g/mol. The van der Waals surface area contributed by atoms with E-state index in [4.69, 9.17) is 39.5 Å². The molecule has 2 fully saturated rings. The quantitative estimate of drug-likeness (QED) is 0.454. The standard InChI is InChI=1S/C23H28Cl3N3O5S2/c1-16-4-3-7-29(15-16)35(30,31)17-5-6-22(34-2)21(12-17)27-8-10-28(11-9-27)36(32,33)23-14-19(25)18(24)13-20(23)26/h5-6,12-14,16H,3-4,7-11,15H2,1-2H3. The van der Waals surface area contributed by atoms with Crippen molar-refractivity contribution in [2.75, 3.05) is 51.3 Å². The fraction of sp³-hybridized carbons (Fsp3) is 0.478. The lowest BCUT2D eigenvalue weighted by Crippen LogP contribution is -2.48. The molecule has 1 unspecified atom stereocenters. The van der Waals surface area contributed by atoms with E-state index in [1.54, 1.807) is 18.2 Å². The molecule has 0 spiro atoms. The van der Waals surface area contributed by atoms with Crippen LogP contribution in [-0.2, 0) is 20.0 Å². The monoisotopic (exact) mass is 595 g/mol. The Morgan fingerprint density at radius 2 is 1.50 bits per heavy atom. The van der Waals surface area contributed by atoms with Crippen molar-refractivity contribution in [2.24, 2.45) is 5.92 Å². The zero-order valence-electron chi connectivity index (χ0n) is 20.0. The summed E-state index contributed by atoms with van der Waals surface area (Å²) in [5.74, 6) is 0.829. The number of anilines is 1. The SMILES string of the molecule is COc1ccc(S(=O)(=O)N2CCCC(C)C2)cc1N1CCN(S(=O)(=O)c2cc(Cl)c(Cl)cc2Cl)CC1. The molecule has 2 saturated heterocycles. The molecular formula is C23H28Cl3N3O5S2.